The van der Waals surface area contributed by atoms with Crippen LogP contribution in [-0.2, 0) is 0 Å². The molecule has 4 aromatic rings. The highest BCUT2D eigenvalue weighted by Gasteiger charge is 2.11. The Morgan fingerprint density at radius 2 is 2.00 bits per heavy atom. The third kappa shape index (κ3) is 3.47. The number of hydrogen-bond donors (Lipinski definition) is 0. The summed E-state index contributed by atoms with van der Waals surface area (Å²) in [4.78, 5) is 18.1. The third-order valence-corrected chi connectivity index (χ3v) is 5.60. The average molecular weight is 394 g/mol. The number of ether oxygens (including phenoxy) is 2. The molecule has 0 aliphatic carbocycles. The highest BCUT2D eigenvalue weighted by Crippen LogP contribution is 2.28. The molecule has 0 saturated carbocycles. The van der Waals surface area contributed by atoms with Crippen LogP contribution in [0.4, 0.5) is 0 Å². The van der Waals surface area contributed by atoms with Gasteiger partial charge in [0.05, 0.1) is 29.3 Å². The molecule has 0 spiro atoms. The fraction of sp³-hybridized carbons (Fsp3) is 0.273. The normalized spacial score (nSPS) is 12.1. The van der Waals surface area contributed by atoms with Crippen molar-refractivity contribution in [2.45, 2.75) is 26.2 Å². The second kappa shape index (κ2) is 8.02. The van der Waals surface area contributed by atoms with Gasteiger partial charge in [0.25, 0.3) is 5.56 Å². The average Bonchev–Trinajstić information content (AvgIpc) is 3.22. The predicted molar refractivity (Wildman–Crippen MR) is 114 cm³/mol. The van der Waals surface area contributed by atoms with Gasteiger partial charge in [0.15, 0.2) is 16.5 Å². The van der Waals surface area contributed by atoms with Gasteiger partial charge in [-0.05, 0) is 42.3 Å². The molecule has 2 aromatic carbocycles. The van der Waals surface area contributed by atoms with E-state index in [1.807, 2.05) is 48.5 Å². The van der Waals surface area contributed by atoms with Gasteiger partial charge in [-0.15, -0.1) is 0 Å². The molecule has 2 heterocycles. The van der Waals surface area contributed by atoms with Crippen molar-refractivity contribution in [1.29, 1.82) is 0 Å². The van der Waals surface area contributed by atoms with Gasteiger partial charge >= 0.3 is 0 Å². The Labute approximate surface area is 166 Å². The Hall–Kier alpha value is -2.86. The van der Waals surface area contributed by atoms with Crippen molar-refractivity contribution in [3.8, 4) is 11.5 Å². The number of imidazole rings is 1. The number of rotatable bonds is 7. The Balaban J connectivity index is 1.68. The second-order valence-corrected chi connectivity index (χ2v) is 7.61. The van der Waals surface area contributed by atoms with Crippen LogP contribution < -0.4 is 19.6 Å². The first-order valence-electron chi connectivity index (χ1n) is 9.44. The van der Waals surface area contributed by atoms with E-state index >= 15 is 0 Å². The molecule has 0 radical (unpaired) electrons. The first-order chi connectivity index (χ1) is 13.7. The van der Waals surface area contributed by atoms with Gasteiger partial charge in [-0.3, -0.25) is 4.79 Å². The summed E-state index contributed by atoms with van der Waals surface area (Å²) in [5.74, 6) is 1.40. The number of nitrogens with zero attached hydrogens (tertiary/aromatic N) is 2. The topological polar surface area (TPSA) is 52.8 Å². The van der Waals surface area contributed by atoms with E-state index in [1.54, 1.807) is 11.5 Å². The highest BCUT2D eigenvalue weighted by molar-refractivity contribution is 7.15. The lowest BCUT2D eigenvalue weighted by atomic mass is 10.2. The first kappa shape index (κ1) is 18.5. The number of benzene rings is 2. The number of unbranched alkanes of at least 4 members (excludes halogenated alkanes) is 2. The van der Waals surface area contributed by atoms with Crippen LogP contribution in [0.5, 0.6) is 11.5 Å². The van der Waals surface area contributed by atoms with Crippen molar-refractivity contribution in [3.05, 3.63) is 62.9 Å². The quantitative estimate of drug-likeness (QED) is 0.444. The first-order valence-corrected chi connectivity index (χ1v) is 10.3. The van der Waals surface area contributed by atoms with E-state index in [-0.39, 0.29) is 5.56 Å². The van der Waals surface area contributed by atoms with Gasteiger partial charge in [0.2, 0.25) is 0 Å². The lowest BCUT2D eigenvalue weighted by molar-refractivity contribution is 0.286. The van der Waals surface area contributed by atoms with Crippen molar-refractivity contribution in [2.75, 3.05) is 13.7 Å². The summed E-state index contributed by atoms with van der Waals surface area (Å²) < 4.78 is 13.6. The Morgan fingerprint density at radius 1 is 1.14 bits per heavy atom. The minimum Gasteiger partial charge on any atom is -0.493 e. The molecule has 0 amide bonds. The van der Waals surface area contributed by atoms with Crippen LogP contribution >= 0.6 is 11.3 Å². The van der Waals surface area contributed by atoms with E-state index in [0.29, 0.717) is 21.8 Å². The Bertz CT molecular complexity index is 1230. The number of methoxy groups -OCH3 is 1. The fourth-order valence-corrected chi connectivity index (χ4v) is 4.18. The molecule has 144 valence electrons. The van der Waals surface area contributed by atoms with Crippen LogP contribution in [0.25, 0.3) is 22.1 Å². The number of hydrogen-bond acceptors (Lipinski definition) is 5. The lowest BCUT2D eigenvalue weighted by Crippen LogP contribution is -2.22. The van der Waals surface area contributed by atoms with Crippen molar-refractivity contribution in [2.24, 2.45) is 0 Å². The SMILES string of the molecule is CCCCCOc1ccc(/C=c2/sc3nc4ccccc4n3c2=O)cc1OC. The van der Waals surface area contributed by atoms with E-state index in [9.17, 15) is 4.79 Å². The van der Waals surface area contributed by atoms with E-state index in [2.05, 4.69) is 11.9 Å². The third-order valence-electron chi connectivity index (χ3n) is 4.64. The summed E-state index contributed by atoms with van der Waals surface area (Å²) in [6.07, 6.45) is 5.21. The molecular weight excluding hydrogens is 372 g/mol. The molecule has 28 heavy (non-hydrogen) atoms. The molecule has 0 aliphatic heterocycles. The number of para-hydroxylation sites is 2. The smallest absolute Gasteiger partial charge is 0.274 e. The molecule has 0 atom stereocenters. The van der Waals surface area contributed by atoms with Crippen molar-refractivity contribution in [3.63, 3.8) is 0 Å². The molecule has 0 unspecified atom stereocenters. The zero-order valence-corrected chi connectivity index (χ0v) is 16.8. The van der Waals surface area contributed by atoms with E-state index < -0.39 is 0 Å². The van der Waals surface area contributed by atoms with Gasteiger partial charge in [-0.25, -0.2) is 9.38 Å². The molecule has 0 fully saturated rings. The highest BCUT2D eigenvalue weighted by atomic mass is 32.1. The Kier molecular flexibility index (Phi) is 5.30. The summed E-state index contributed by atoms with van der Waals surface area (Å²) in [5, 5.41) is 0. The van der Waals surface area contributed by atoms with Crippen LogP contribution in [-0.4, -0.2) is 23.1 Å². The maximum absolute atomic E-state index is 12.9. The molecule has 0 aliphatic rings. The van der Waals surface area contributed by atoms with Crippen LogP contribution in [0, 0.1) is 0 Å². The monoisotopic (exact) mass is 394 g/mol. The molecule has 2 aromatic heterocycles. The summed E-state index contributed by atoms with van der Waals surface area (Å²) in [7, 11) is 1.63. The summed E-state index contributed by atoms with van der Waals surface area (Å²) in [5.41, 5.74) is 2.52. The molecule has 0 bridgehead atoms. The van der Waals surface area contributed by atoms with Crippen molar-refractivity contribution >= 4 is 33.4 Å². The maximum Gasteiger partial charge on any atom is 0.274 e. The molecule has 0 N–H and O–H groups in total. The Morgan fingerprint density at radius 3 is 2.82 bits per heavy atom. The number of aromatic nitrogens is 2. The van der Waals surface area contributed by atoms with Gasteiger partial charge in [0.1, 0.15) is 0 Å². The molecular formula is C22H22N2O3S. The van der Waals surface area contributed by atoms with Crippen molar-refractivity contribution < 1.29 is 9.47 Å². The van der Waals surface area contributed by atoms with Crippen LogP contribution in [0.3, 0.4) is 0 Å². The largest absolute Gasteiger partial charge is 0.493 e. The molecule has 6 heteroatoms. The number of fused-ring (bicyclic) bond motifs is 3. The molecule has 4 rings (SSSR count). The molecule has 5 nitrogen and oxygen atoms in total. The van der Waals surface area contributed by atoms with Gasteiger partial charge in [-0.1, -0.05) is 49.3 Å². The van der Waals surface area contributed by atoms with E-state index in [4.69, 9.17) is 9.47 Å². The standard InChI is InChI=1S/C22H22N2O3S/c1-3-4-7-12-27-18-11-10-15(13-19(18)26-2)14-20-21(25)24-17-9-6-5-8-16(17)23-22(24)28-20/h5-6,8-11,13-14H,3-4,7,12H2,1-2H3/b20-14+. The lowest BCUT2D eigenvalue weighted by Gasteiger charge is -2.11. The van der Waals surface area contributed by atoms with Gasteiger partial charge in [0, 0.05) is 0 Å². The zero-order chi connectivity index (χ0) is 19.5. The summed E-state index contributed by atoms with van der Waals surface area (Å²) in [6.45, 7) is 2.84. The fourth-order valence-electron chi connectivity index (χ4n) is 3.19. The van der Waals surface area contributed by atoms with Crippen LogP contribution in [0.1, 0.15) is 31.7 Å². The summed E-state index contributed by atoms with van der Waals surface area (Å²) >= 11 is 1.39. The van der Waals surface area contributed by atoms with Crippen LogP contribution in [0.2, 0.25) is 0 Å². The second-order valence-electron chi connectivity index (χ2n) is 6.60. The number of thiazole rings is 1. The van der Waals surface area contributed by atoms with Crippen molar-refractivity contribution in [1.82, 2.24) is 9.38 Å². The van der Waals surface area contributed by atoms with E-state index in [1.165, 1.54) is 11.3 Å². The van der Waals surface area contributed by atoms with Gasteiger partial charge < -0.3 is 9.47 Å². The predicted octanol–water partition coefficient (Wildman–Crippen LogP) is 4.03. The zero-order valence-electron chi connectivity index (χ0n) is 16.0. The minimum atomic E-state index is -0.0486. The molecule has 0 saturated heterocycles. The summed E-state index contributed by atoms with van der Waals surface area (Å²) in [6, 6.07) is 13.4. The van der Waals surface area contributed by atoms with Crippen LogP contribution in [0.15, 0.2) is 47.3 Å². The minimum absolute atomic E-state index is 0.0486. The van der Waals surface area contributed by atoms with E-state index in [0.717, 1.165) is 41.6 Å². The van der Waals surface area contributed by atoms with Gasteiger partial charge in [-0.2, -0.15) is 0 Å². The maximum atomic E-state index is 12.9.